The van der Waals surface area contributed by atoms with Crippen LogP contribution in [0.3, 0.4) is 0 Å². The number of fused-ring (bicyclic) bond motifs is 2. The molecular formula is C21H16N2O3. The summed E-state index contributed by atoms with van der Waals surface area (Å²) in [7, 11) is 0. The third-order valence-corrected chi connectivity index (χ3v) is 4.45. The van der Waals surface area contributed by atoms with Gasteiger partial charge in [0.05, 0.1) is 12.0 Å². The average molecular weight is 344 g/mol. The van der Waals surface area contributed by atoms with Gasteiger partial charge in [-0.2, -0.15) is 0 Å². The van der Waals surface area contributed by atoms with Crippen LogP contribution in [0.2, 0.25) is 0 Å². The lowest BCUT2D eigenvalue weighted by Gasteiger charge is -2.17. The number of carbonyl (C=O) groups is 1. The maximum absolute atomic E-state index is 11.1. The van der Waals surface area contributed by atoms with Gasteiger partial charge in [-0.3, -0.25) is 4.79 Å². The van der Waals surface area contributed by atoms with Crippen molar-refractivity contribution >= 4 is 22.9 Å². The number of carbonyl (C=O) groups excluding carboxylic acids is 1. The van der Waals surface area contributed by atoms with E-state index >= 15 is 0 Å². The molecule has 2 aromatic rings. The first-order valence-corrected chi connectivity index (χ1v) is 8.11. The number of nitrogen functional groups attached to an aromatic ring is 1. The summed E-state index contributed by atoms with van der Waals surface area (Å²) in [5.41, 5.74) is 10.7. The highest BCUT2D eigenvalue weighted by Crippen LogP contribution is 2.41. The van der Waals surface area contributed by atoms with Gasteiger partial charge in [0.15, 0.2) is 0 Å². The molecule has 0 saturated heterocycles. The molecule has 0 aromatic heterocycles. The minimum absolute atomic E-state index is 0.197. The number of aliphatic hydroxyl groups is 1. The molecule has 26 heavy (non-hydrogen) atoms. The first kappa shape index (κ1) is 16.1. The third-order valence-electron chi connectivity index (χ3n) is 4.45. The molecule has 0 saturated carbocycles. The highest BCUT2D eigenvalue weighted by molar-refractivity contribution is 6.03. The standard InChI is InChI=1S/C21H16N2O3/c22-14-2-5-17-19(8-14)26-20-9-15(23)3-6-18(20)21(17)16-4-1-12(10-24)7-13(16)11-25/h1-10,22,25H,11,23H2. The summed E-state index contributed by atoms with van der Waals surface area (Å²) in [6, 6.07) is 15.8. The van der Waals surface area contributed by atoms with Gasteiger partial charge in [0.2, 0.25) is 0 Å². The molecule has 1 aliphatic heterocycles. The topological polar surface area (TPSA) is 100 Å². The van der Waals surface area contributed by atoms with E-state index in [-0.39, 0.29) is 6.61 Å². The van der Waals surface area contributed by atoms with Crippen molar-refractivity contribution in [2.75, 3.05) is 5.73 Å². The number of hydrogen-bond acceptors (Lipinski definition) is 5. The predicted molar refractivity (Wildman–Crippen MR) is 99.8 cm³/mol. The monoisotopic (exact) mass is 344 g/mol. The Balaban J connectivity index is 2.17. The molecule has 1 heterocycles. The molecule has 0 spiro atoms. The number of aliphatic hydroxyl groups excluding tert-OH is 1. The molecule has 4 N–H and O–H groups in total. The Morgan fingerprint density at radius 1 is 1.04 bits per heavy atom. The SMILES string of the molecule is N=c1ccc2c(-c3ccc(C=O)cc3CO)c3ccc(N)cc3oc-2c1. The van der Waals surface area contributed by atoms with E-state index in [0.29, 0.717) is 33.5 Å². The minimum Gasteiger partial charge on any atom is -0.456 e. The quantitative estimate of drug-likeness (QED) is 0.300. The largest absolute Gasteiger partial charge is 0.456 e. The van der Waals surface area contributed by atoms with E-state index in [4.69, 9.17) is 15.6 Å². The van der Waals surface area contributed by atoms with Gasteiger partial charge in [0.1, 0.15) is 17.6 Å². The molecule has 4 rings (SSSR count). The maximum atomic E-state index is 11.1. The number of nitrogens with one attached hydrogen (secondary N) is 1. The lowest BCUT2D eigenvalue weighted by atomic mass is 9.90. The van der Waals surface area contributed by atoms with Crippen molar-refractivity contribution in [2.24, 2.45) is 0 Å². The average Bonchev–Trinajstić information content (AvgIpc) is 2.65. The fourth-order valence-electron chi connectivity index (χ4n) is 3.26. The molecule has 0 atom stereocenters. The van der Waals surface area contributed by atoms with Crippen LogP contribution in [0.5, 0.6) is 0 Å². The van der Waals surface area contributed by atoms with Crippen molar-refractivity contribution < 1.29 is 14.3 Å². The summed E-state index contributed by atoms with van der Waals surface area (Å²) in [5, 5.41) is 18.9. The van der Waals surface area contributed by atoms with Crippen molar-refractivity contribution in [1.29, 1.82) is 5.41 Å². The number of aldehydes is 1. The lowest BCUT2D eigenvalue weighted by Crippen LogP contribution is -2.01. The zero-order chi connectivity index (χ0) is 18.3. The van der Waals surface area contributed by atoms with Gasteiger partial charge in [-0.1, -0.05) is 12.1 Å². The van der Waals surface area contributed by atoms with Gasteiger partial charge < -0.3 is 20.7 Å². The molecule has 0 unspecified atom stereocenters. The Morgan fingerprint density at radius 3 is 2.62 bits per heavy atom. The van der Waals surface area contributed by atoms with Crippen LogP contribution in [0.15, 0.2) is 59.0 Å². The highest BCUT2D eigenvalue weighted by atomic mass is 16.3. The van der Waals surface area contributed by atoms with Crippen LogP contribution in [-0.4, -0.2) is 11.4 Å². The van der Waals surface area contributed by atoms with Crippen molar-refractivity contribution in [1.82, 2.24) is 0 Å². The van der Waals surface area contributed by atoms with Crippen LogP contribution in [0, 0.1) is 5.41 Å². The number of hydrogen-bond donors (Lipinski definition) is 3. The first-order valence-electron chi connectivity index (χ1n) is 8.11. The number of benzene rings is 3. The Bertz CT molecular complexity index is 1180. The second kappa shape index (κ2) is 6.13. The van der Waals surface area contributed by atoms with E-state index in [1.807, 2.05) is 18.2 Å². The molecule has 0 radical (unpaired) electrons. The van der Waals surface area contributed by atoms with Crippen LogP contribution in [-0.2, 0) is 6.61 Å². The molecule has 128 valence electrons. The van der Waals surface area contributed by atoms with Crippen LogP contribution < -0.4 is 11.1 Å². The smallest absolute Gasteiger partial charge is 0.150 e. The Kier molecular flexibility index (Phi) is 3.78. The van der Waals surface area contributed by atoms with Gasteiger partial charge >= 0.3 is 0 Å². The van der Waals surface area contributed by atoms with Gasteiger partial charge in [0.25, 0.3) is 0 Å². The number of anilines is 1. The summed E-state index contributed by atoms with van der Waals surface area (Å²) in [4.78, 5) is 11.1. The van der Waals surface area contributed by atoms with Gasteiger partial charge in [-0.15, -0.1) is 0 Å². The second-order valence-corrected chi connectivity index (χ2v) is 6.14. The fourth-order valence-corrected chi connectivity index (χ4v) is 3.26. The van der Waals surface area contributed by atoms with Gasteiger partial charge in [0, 0.05) is 39.9 Å². The second-order valence-electron chi connectivity index (χ2n) is 6.14. The zero-order valence-corrected chi connectivity index (χ0v) is 13.8. The molecule has 5 heteroatoms. The van der Waals surface area contributed by atoms with E-state index in [1.165, 1.54) is 0 Å². The summed E-state index contributed by atoms with van der Waals surface area (Å²) in [5.74, 6) is 0.564. The van der Waals surface area contributed by atoms with Gasteiger partial charge in [-0.05, 0) is 41.5 Å². The predicted octanol–water partition coefficient (Wildman–Crippen LogP) is 3.57. The van der Waals surface area contributed by atoms with Crippen LogP contribution in [0.1, 0.15) is 15.9 Å². The maximum Gasteiger partial charge on any atom is 0.150 e. The van der Waals surface area contributed by atoms with Crippen LogP contribution >= 0.6 is 0 Å². The molecule has 0 bridgehead atoms. The van der Waals surface area contributed by atoms with E-state index < -0.39 is 0 Å². The molecule has 5 nitrogen and oxygen atoms in total. The number of rotatable bonds is 3. The molecule has 1 aliphatic carbocycles. The molecule has 0 fully saturated rings. The number of nitrogens with two attached hydrogens (primary N) is 1. The van der Waals surface area contributed by atoms with E-state index in [9.17, 15) is 9.90 Å². The normalized spacial score (nSPS) is 11.1. The Hall–Kier alpha value is -3.44. The summed E-state index contributed by atoms with van der Waals surface area (Å²) >= 11 is 0. The Morgan fingerprint density at radius 2 is 1.85 bits per heavy atom. The lowest BCUT2D eigenvalue weighted by molar-refractivity contribution is 0.112. The van der Waals surface area contributed by atoms with Crippen molar-refractivity contribution in [3.05, 3.63) is 71.1 Å². The highest BCUT2D eigenvalue weighted by Gasteiger charge is 2.19. The Labute approximate surface area is 149 Å². The summed E-state index contributed by atoms with van der Waals surface area (Å²) in [6.07, 6.45) is 0.756. The van der Waals surface area contributed by atoms with E-state index in [1.54, 1.807) is 36.4 Å². The fraction of sp³-hybridized carbons (Fsp3) is 0.0476. The first-order chi connectivity index (χ1) is 12.6. The summed E-state index contributed by atoms with van der Waals surface area (Å²) < 4.78 is 5.97. The molecule has 2 aliphatic rings. The van der Waals surface area contributed by atoms with Crippen molar-refractivity contribution in [2.45, 2.75) is 6.61 Å². The zero-order valence-electron chi connectivity index (χ0n) is 13.8. The van der Waals surface area contributed by atoms with Crippen molar-refractivity contribution in [3.8, 4) is 22.5 Å². The van der Waals surface area contributed by atoms with Crippen molar-refractivity contribution in [3.63, 3.8) is 0 Å². The van der Waals surface area contributed by atoms with E-state index in [0.717, 1.165) is 28.4 Å². The van der Waals surface area contributed by atoms with E-state index in [2.05, 4.69) is 0 Å². The molecule has 0 amide bonds. The minimum atomic E-state index is -0.197. The third kappa shape index (κ3) is 2.55. The van der Waals surface area contributed by atoms with Crippen LogP contribution in [0.4, 0.5) is 5.69 Å². The van der Waals surface area contributed by atoms with Gasteiger partial charge in [-0.25, -0.2) is 0 Å². The molecular weight excluding hydrogens is 328 g/mol. The summed E-state index contributed by atoms with van der Waals surface area (Å²) in [6.45, 7) is -0.197. The molecule has 2 aromatic carbocycles. The van der Waals surface area contributed by atoms with Crippen LogP contribution in [0.25, 0.3) is 33.4 Å².